The fraction of sp³-hybridized carbons (Fsp3) is 0.538. The molecule has 0 unspecified atom stereocenters. The Morgan fingerprint density at radius 2 is 1.83 bits per heavy atom. The van der Waals surface area contributed by atoms with Crippen molar-refractivity contribution in [3.05, 3.63) is 34.1 Å². The Balaban J connectivity index is 3.18. The molecule has 0 fully saturated rings. The van der Waals surface area contributed by atoms with E-state index in [1.807, 2.05) is 20.8 Å². The van der Waals surface area contributed by atoms with Crippen molar-refractivity contribution in [3.63, 3.8) is 0 Å². The molecule has 1 rings (SSSR count). The van der Waals surface area contributed by atoms with Crippen LogP contribution in [0.1, 0.15) is 40.0 Å². The summed E-state index contributed by atoms with van der Waals surface area (Å²) >= 11 is 0. The maximum absolute atomic E-state index is 13.5. The van der Waals surface area contributed by atoms with Crippen LogP contribution in [-0.2, 0) is 0 Å². The van der Waals surface area contributed by atoms with Crippen molar-refractivity contribution in [3.8, 4) is 0 Å². The molecule has 0 radical (unpaired) electrons. The van der Waals surface area contributed by atoms with Crippen LogP contribution in [0.5, 0.6) is 0 Å². The monoisotopic (exact) mass is 254 g/mol. The number of hydrogen-bond acceptors (Lipinski definition) is 3. The number of nitrogens with zero attached hydrogens (tertiary/aromatic N) is 1. The molecule has 0 aromatic heterocycles. The molecule has 100 valence electrons. The summed E-state index contributed by atoms with van der Waals surface area (Å²) in [4.78, 5) is 10.2. The fourth-order valence-corrected chi connectivity index (χ4v) is 2.10. The van der Waals surface area contributed by atoms with Gasteiger partial charge in [-0.05, 0) is 31.4 Å². The number of rotatable bonds is 6. The van der Waals surface area contributed by atoms with Crippen molar-refractivity contribution in [2.75, 3.05) is 5.32 Å². The van der Waals surface area contributed by atoms with Gasteiger partial charge in [-0.1, -0.05) is 26.8 Å². The van der Waals surface area contributed by atoms with Crippen LogP contribution >= 0.6 is 0 Å². The first-order valence-corrected chi connectivity index (χ1v) is 6.20. The molecule has 0 aliphatic rings. The Morgan fingerprint density at radius 3 is 2.28 bits per heavy atom. The van der Waals surface area contributed by atoms with Gasteiger partial charge in [0.2, 0.25) is 5.82 Å². The lowest BCUT2D eigenvalue weighted by Gasteiger charge is -2.32. The molecule has 0 saturated heterocycles. The van der Waals surface area contributed by atoms with E-state index in [4.69, 9.17) is 0 Å². The van der Waals surface area contributed by atoms with E-state index in [0.717, 1.165) is 25.3 Å². The number of hydrogen-bond donors (Lipinski definition) is 1. The molecule has 0 heterocycles. The highest BCUT2D eigenvalue weighted by Crippen LogP contribution is 2.33. The predicted octanol–water partition coefficient (Wildman–Crippen LogP) is 4.11. The quantitative estimate of drug-likeness (QED) is 0.613. The van der Waals surface area contributed by atoms with Gasteiger partial charge in [0.15, 0.2) is 0 Å². The normalized spacial score (nSPS) is 11.3. The van der Waals surface area contributed by atoms with E-state index in [1.165, 1.54) is 6.07 Å². The summed E-state index contributed by atoms with van der Waals surface area (Å²) in [6.45, 7) is 6.06. The lowest BCUT2D eigenvalue weighted by Crippen LogP contribution is -2.36. The second-order valence-corrected chi connectivity index (χ2v) is 4.36. The third-order valence-electron chi connectivity index (χ3n) is 3.60. The largest absolute Gasteiger partial charge is 0.374 e. The molecule has 0 spiro atoms. The first-order valence-electron chi connectivity index (χ1n) is 6.20. The van der Waals surface area contributed by atoms with Crippen LogP contribution in [0.3, 0.4) is 0 Å². The summed E-state index contributed by atoms with van der Waals surface area (Å²) in [5.41, 5.74) is -0.443. The Kier molecular flexibility index (Phi) is 4.64. The minimum atomic E-state index is -0.804. The van der Waals surface area contributed by atoms with Crippen LogP contribution in [0.15, 0.2) is 18.2 Å². The van der Waals surface area contributed by atoms with Crippen molar-refractivity contribution in [2.45, 2.75) is 45.6 Å². The number of benzene rings is 1. The van der Waals surface area contributed by atoms with E-state index in [1.54, 1.807) is 6.07 Å². The number of nitro benzene ring substituents is 1. The van der Waals surface area contributed by atoms with Gasteiger partial charge in [-0.25, -0.2) is 0 Å². The average molecular weight is 254 g/mol. The highest BCUT2D eigenvalue weighted by molar-refractivity contribution is 5.63. The maximum atomic E-state index is 13.5. The van der Waals surface area contributed by atoms with Crippen LogP contribution in [0.25, 0.3) is 0 Å². The van der Waals surface area contributed by atoms with Crippen molar-refractivity contribution in [1.29, 1.82) is 0 Å². The van der Waals surface area contributed by atoms with Gasteiger partial charge in [0.05, 0.1) is 4.92 Å². The summed E-state index contributed by atoms with van der Waals surface area (Å²) in [6.07, 6.45) is 2.48. The summed E-state index contributed by atoms with van der Waals surface area (Å²) in [6, 6.07) is 4.14. The number of anilines is 1. The molecule has 5 heteroatoms. The van der Waals surface area contributed by atoms with Crippen molar-refractivity contribution in [1.82, 2.24) is 0 Å². The molecule has 0 bridgehead atoms. The molecule has 1 aromatic rings. The van der Waals surface area contributed by atoms with Gasteiger partial charge in [0, 0.05) is 5.54 Å². The van der Waals surface area contributed by atoms with Crippen molar-refractivity contribution >= 4 is 11.4 Å². The van der Waals surface area contributed by atoms with Crippen LogP contribution in [0.4, 0.5) is 15.8 Å². The van der Waals surface area contributed by atoms with Crippen LogP contribution < -0.4 is 5.32 Å². The lowest BCUT2D eigenvalue weighted by molar-refractivity contribution is -0.386. The summed E-state index contributed by atoms with van der Waals surface area (Å²) in [5, 5.41) is 14.1. The van der Waals surface area contributed by atoms with Gasteiger partial charge < -0.3 is 5.32 Å². The molecule has 0 aliphatic carbocycles. The molecular weight excluding hydrogens is 235 g/mol. The SMILES string of the molecule is CCC(CC)(CC)Nc1cccc(F)c1[N+](=O)[O-]. The van der Waals surface area contributed by atoms with E-state index >= 15 is 0 Å². The van der Waals surface area contributed by atoms with Crippen LogP contribution in [0.2, 0.25) is 0 Å². The van der Waals surface area contributed by atoms with E-state index < -0.39 is 16.4 Å². The number of halogens is 1. The van der Waals surface area contributed by atoms with Gasteiger partial charge in [0.25, 0.3) is 0 Å². The van der Waals surface area contributed by atoms with Gasteiger partial charge in [-0.3, -0.25) is 10.1 Å². The predicted molar refractivity (Wildman–Crippen MR) is 70.3 cm³/mol. The lowest BCUT2D eigenvalue weighted by atomic mass is 9.89. The first kappa shape index (κ1) is 14.4. The van der Waals surface area contributed by atoms with Gasteiger partial charge >= 0.3 is 5.69 Å². The minimum absolute atomic E-state index is 0.224. The average Bonchev–Trinajstić information content (AvgIpc) is 2.35. The standard InChI is InChI=1S/C13H19FN2O2/c1-4-13(5-2,6-3)15-11-9-7-8-10(14)12(11)16(17)18/h7-9,15H,4-6H2,1-3H3. The van der Waals surface area contributed by atoms with E-state index in [0.29, 0.717) is 0 Å². The Labute approximate surface area is 106 Å². The molecule has 18 heavy (non-hydrogen) atoms. The molecule has 0 amide bonds. The molecule has 0 atom stereocenters. The molecule has 0 saturated carbocycles. The zero-order valence-corrected chi connectivity index (χ0v) is 11.0. The third-order valence-corrected chi connectivity index (χ3v) is 3.60. The smallest absolute Gasteiger partial charge is 0.327 e. The zero-order valence-electron chi connectivity index (χ0n) is 11.0. The Morgan fingerprint density at radius 1 is 1.28 bits per heavy atom. The van der Waals surface area contributed by atoms with Gasteiger partial charge in [-0.15, -0.1) is 0 Å². The highest BCUT2D eigenvalue weighted by Gasteiger charge is 2.28. The molecule has 1 N–H and O–H groups in total. The second kappa shape index (κ2) is 5.80. The summed E-state index contributed by atoms with van der Waals surface area (Å²) in [7, 11) is 0. The van der Waals surface area contributed by atoms with Crippen molar-refractivity contribution < 1.29 is 9.31 Å². The number of nitro groups is 1. The van der Waals surface area contributed by atoms with Crippen LogP contribution in [0, 0.1) is 15.9 Å². The minimum Gasteiger partial charge on any atom is -0.374 e. The second-order valence-electron chi connectivity index (χ2n) is 4.36. The highest BCUT2D eigenvalue weighted by atomic mass is 19.1. The van der Waals surface area contributed by atoms with Gasteiger partial charge in [-0.2, -0.15) is 4.39 Å². The Hall–Kier alpha value is -1.65. The summed E-state index contributed by atoms with van der Waals surface area (Å²) in [5.74, 6) is -0.804. The molecule has 1 aromatic carbocycles. The third kappa shape index (κ3) is 2.78. The fourth-order valence-electron chi connectivity index (χ4n) is 2.10. The van der Waals surface area contributed by atoms with Crippen molar-refractivity contribution in [2.24, 2.45) is 0 Å². The Bertz CT molecular complexity index is 423. The van der Waals surface area contributed by atoms with Crippen LogP contribution in [-0.4, -0.2) is 10.5 Å². The van der Waals surface area contributed by atoms with E-state index in [2.05, 4.69) is 5.32 Å². The number of nitrogens with one attached hydrogen (secondary N) is 1. The zero-order chi connectivity index (χ0) is 13.8. The van der Waals surface area contributed by atoms with E-state index in [-0.39, 0.29) is 11.2 Å². The molecular formula is C13H19FN2O2. The molecule has 4 nitrogen and oxygen atoms in total. The topological polar surface area (TPSA) is 55.2 Å². The first-order chi connectivity index (χ1) is 8.49. The summed E-state index contributed by atoms with van der Waals surface area (Å²) < 4.78 is 13.5. The number of para-hydroxylation sites is 1. The maximum Gasteiger partial charge on any atom is 0.327 e. The van der Waals surface area contributed by atoms with Gasteiger partial charge in [0.1, 0.15) is 5.69 Å². The molecule has 0 aliphatic heterocycles. The van der Waals surface area contributed by atoms with E-state index in [9.17, 15) is 14.5 Å².